The zero-order valence-corrected chi connectivity index (χ0v) is 20.3. The Balaban J connectivity index is 1.90. The third kappa shape index (κ3) is 8.98. The second kappa shape index (κ2) is 12.0. The normalized spacial score (nSPS) is 15.1. The van der Waals surface area contributed by atoms with E-state index in [4.69, 9.17) is 4.74 Å². The van der Waals surface area contributed by atoms with Crippen molar-refractivity contribution < 1.29 is 23.3 Å². The van der Waals surface area contributed by atoms with Crippen LogP contribution in [0.2, 0.25) is 0 Å². The summed E-state index contributed by atoms with van der Waals surface area (Å²) in [5, 5.41) is 5.55. The van der Waals surface area contributed by atoms with E-state index in [1.54, 1.807) is 24.3 Å². The quantitative estimate of drug-likeness (QED) is 0.552. The van der Waals surface area contributed by atoms with Gasteiger partial charge in [-0.1, -0.05) is 12.8 Å². The number of nitrogens with zero attached hydrogens (tertiary/aromatic N) is 1. The van der Waals surface area contributed by atoms with Crippen LogP contribution in [0.3, 0.4) is 0 Å². The molecular weight excluding hydrogens is 430 g/mol. The largest absolute Gasteiger partial charge is 0.494 e. The highest BCUT2D eigenvalue weighted by molar-refractivity contribution is 7.86. The topological polar surface area (TPSA) is 105 Å². The number of nitrogens with one attached hydrogen (secondary N) is 2. The number of hydrogen-bond donors (Lipinski definition) is 2. The van der Waals surface area contributed by atoms with E-state index in [1.807, 2.05) is 27.7 Å². The first-order valence-corrected chi connectivity index (χ1v) is 12.5. The van der Waals surface area contributed by atoms with E-state index in [0.29, 0.717) is 18.0 Å². The maximum absolute atomic E-state index is 12.9. The van der Waals surface area contributed by atoms with Gasteiger partial charge in [0.2, 0.25) is 17.7 Å². The van der Waals surface area contributed by atoms with E-state index in [9.17, 15) is 18.6 Å². The first kappa shape index (κ1) is 25.8. The number of carbonyl (C=O) groups excluding carboxylic acids is 3. The van der Waals surface area contributed by atoms with E-state index >= 15 is 0 Å². The monoisotopic (exact) mass is 465 g/mol. The molecule has 1 atom stereocenters. The minimum atomic E-state index is -1.68. The molecule has 0 radical (unpaired) electrons. The molecule has 2 N–H and O–H groups in total. The molecule has 1 aromatic rings. The van der Waals surface area contributed by atoms with E-state index < -0.39 is 22.2 Å². The van der Waals surface area contributed by atoms with Crippen molar-refractivity contribution in [3.63, 3.8) is 0 Å². The average molecular weight is 466 g/mol. The second-order valence-corrected chi connectivity index (χ2v) is 10.4. The first-order valence-electron chi connectivity index (χ1n) is 11.1. The molecule has 1 aliphatic carbocycles. The van der Waals surface area contributed by atoms with Crippen molar-refractivity contribution in [3.05, 3.63) is 24.3 Å². The molecule has 0 spiro atoms. The zero-order valence-electron chi connectivity index (χ0n) is 19.4. The highest BCUT2D eigenvalue weighted by Gasteiger charge is 2.30. The van der Waals surface area contributed by atoms with E-state index in [1.165, 1.54) is 4.90 Å². The lowest BCUT2D eigenvalue weighted by Crippen LogP contribution is -2.50. The van der Waals surface area contributed by atoms with Gasteiger partial charge < -0.3 is 20.3 Å². The molecule has 0 aromatic heterocycles. The Hall–Kier alpha value is -2.42. The number of rotatable bonds is 10. The molecule has 0 bridgehead atoms. The summed E-state index contributed by atoms with van der Waals surface area (Å²) in [6.07, 6.45) is 3.67. The van der Waals surface area contributed by atoms with Gasteiger partial charge in [0, 0.05) is 28.1 Å². The number of ether oxygens (including phenoxy) is 1. The fraction of sp³-hybridized carbons (Fsp3) is 0.609. The standard InChI is InChI=1S/C23H35N3O5S/c1-5-31-19-12-10-17(11-13-19)24-21(28)15-32(30)16-22(29)26(18-8-6-7-9-18)14-20(27)25-23(2,3)4/h10-13,18H,5-9,14-16H2,1-4H3,(H,24,28)(H,25,27)/t32-/m0/s1. The maximum Gasteiger partial charge on any atom is 0.240 e. The molecule has 2 rings (SSSR count). The summed E-state index contributed by atoms with van der Waals surface area (Å²) >= 11 is 0. The van der Waals surface area contributed by atoms with Gasteiger partial charge in [-0.15, -0.1) is 0 Å². The number of anilines is 1. The molecule has 1 aromatic carbocycles. The van der Waals surface area contributed by atoms with Crippen LogP contribution in [-0.4, -0.2) is 63.1 Å². The van der Waals surface area contributed by atoms with Crippen molar-refractivity contribution in [2.45, 2.75) is 65.0 Å². The lowest BCUT2D eigenvalue weighted by molar-refractivity contribution is -0.136. The van der Waals surface area contributed by atoms with Gasteiger partial charge in [-0.3, -0.25) is 18.6 Å². The molecule has 0 heterocycles. The van der Waals surface area contributed by atoms with Crippen molar-refractivity contribution in [3.8, 4) is 5.75 Å². The smallest absolute Gasteiger partial charge is 0.240 e. The third-order valence-corrected chi connectivity index (χ3v) is 6.09. The zero-order chi connectivity index (χ0) is 23.7. The summed E-state index contributed by atoms with van der Waals surface area (Å²) in [7, 11) is -1.68. The summed E-state index contributed by atoms with van der Waals surface area (Å²) < 4.78 is 17.9. The van der Waals surface area contributed by atoms with E-state index in [-0.39, 0.29) is 35.9 Å². The van der Waals surface area contributed by atoms with Crippen LogP contribution in [0.1, 0.15) is 53.4 Å². The summed E-state index contributed by atoms with van der Waals surface area (Å²) in [6.45, 7) is 8.02. The maximum atomic E-state index is 12.9. The Morgan fingerprint density at radius 3 is 2.25 bits per heavy atom. The molecule has 32 heavy (non-hydrogen) atoms. The van der Waals surface area contributed by atoms with E-state index in [2.05, 4.69) is 10.6 Å². The van der Waals surface area contributed by atoms with Gasteiger partial charge in [0.15, 0.2) is 0 Å². The Labute approximate surface area is 192 Å². The predicted molar refractivity (Wildman–Crippen MR) is 126 cm³/mol. The SMILES string of the molecule is CCOc1ccc(NC(=O)C[S@](=O)CC(=O)N(CC(=O)NC(C)(C)C)C2CCCC2)cc1. The predicted octanol–water partition coefficient (Wildman–Crippen LogP) is 2.46. The van der Waals surface area contributed by atoms with Crippen LogP contribution in [-0.2, 0) is 25.2 Å². The van der Waals surface area contributed by atoms with Gasteiger partial charge in [-0.2, -0.15) is 0 Å². The molecule has 1 aliphatic rings. The molecule has 3 amide bonds. The fourth-order valence-electron chi connectivity index (χ4n) is 3.67. The van der Waals surface area contributed by atoms with Gasteiger partial charge >= 0.3 is 0 Å². The van der Waals surface area contributed by atoms with Gasteiger partial charge in [0.1, 0.15) is 17.3 Å². The average Bonchev–Trinajstić information content (AvgIpc) is 3.20. The molecule has 1 saturated carbocycles. The molecule has 0 unspecified atom stereocenters. The fourth-order valence-corrected chi connectivity index (χ4v) is 4.57. The molecule has 0 saturated heterocycles. The van der Waals surface area contributed by atoms with Crippen molar-refractivity contribution >= 4 is 34.2 Å². The van der Waals surface area contributed by atoms with Crippen molar-refractivity contribution in [1.29, 1.82) is 0 Å². The lowest BCUT2D eigenvalue weighted by Gasteiger charge is -2.30. The van der Waals surface area contributed by atoms with E-state index in [0.717, 1.165) is 25.7 Å². The molecule has 1 fully saturated rings. The Bertz CT molecular complexity index is 814. The van der Waals surface area contributed by atoms with Gasteiger partial charge in [0.05, 0.1) is 13.2 Å². The van der Waals surface area contributed by atoms with Crippen LogP contribution < -0.4 is 15.4 Å². The summed E-state index contributed by atoms with van der Waals surface area (Å²) in [5.74, 6) is -0.896. The molecule has 178 valence electrons. The molecule has 8 nitrogen and oxygen atoms in total. The summed E-state index contributed by atoms with van der Waals surface area (Å²) in [5.41, 5.74) is 0.164. The number of benzene rings is 1. The Morgan fingerprint density at radius 2 is 1.69 bits per heavy atom. The third-order valence-electron chi connectivity index (χ3n) is 4.94. The van der Waals surface area contributed by atoms with Gasteiger partial charge in [-0.25, -0.2) is 0 Å². The van der Waals surface area contributed by atoms with Crippen LogP contribution >= 0.6 is 0 Å². The second-order valence-electron chi connectivity index (χ2n) is 8.99. The number of carbonyl (C=O) groups is 3. The summed E-state index contributed by atoms with van der Waals surface area (Å²) in [4.78, 5) is 39.1. The highest BCUT2D eigenvalue weighted by atomic mass is 32.2. The number of amides is 3. The minimum absolute atomic E-state index is 0.0251. The minimum Gasteiger partial charge on any atom is -0.494 e. The van der Waals surface area contributed by atoms with Crippen LogP contribution in [0.15, 0.2) is 24.3 Å². The van der Waals surface area contributed by atoms with Crippen molar-refractivity contribution in [2.24, 2.45) is 0 Å². The van der Waals surface area contributed by atoms with Gasteiger partial charge in [0.25, 0.3) is 0 Å². The summed E-state index contributed by atoms with van der Waals surface area (Å²) in [6, 6.07) is 6.85. The molecular formula is C23H35N3O5S. The highest BCUT2D eigenvalue weighted by Crippen LogP contribution is 2.24. The lowest BCUT2D eigenvalue weighted by atomic mass is 10.1. The van der Waals surface area contributed by atoms with Crippen LogP contribution in [0.5, 0.6) is 5.75 Å². The number of hydrogen-bond acceptors (Lipinski definition) is 5. The van der Waals surface area contributed by atoms with Crippen molar-refractivity contribution in [2.75, 3.05) is 30.0 Å². The van der Waals surface area contributed by atoms with Crippen LogP contribution in [0.4, 0.5) is 5.69 Å². The van der Waals surface area contributed by atoms with Crippen molar-refractivity contribution in [1.82, 2.24) is 10.2 Å². The first-order chi connectivity index (χ1) is 15.1. The Morgan fingerprint density at radius 1 is 1.06 bits per heavy atom. The molecule has 0 aliphatic heterocycles. The Kier molecular flexibility index (Phi) is 9.68. The van der Waals surface area contributed by atoms with Crippen LogP contribution in [0, 0.1) is 0 Å². The van der Waals surface area contributed by atoms with Crippen LogP contribution in [0.25, 0.3) is 0 Å². The molecule has 9 heteroatoms. The van der Waals surface area contributed by atoms with Gasteiger partial charge in [-0.05, 0) is 64.8 Å².